The van der Waals surface area contributed by atoms with Crippen molar-refractivity contribution in [2.24, 2.45) is 0 Å². The van der Waals surface area contributed by atoms with Crippen LogP contribution in [0.2, 0.25) is 5.02 Å². The molecule has 2 heterocycles. The number of fused-ring (bicyclic) bond motifs is 1. The van der Waals surface area contributed by atoms with Crippen LogP contribution in [0, 0.1) is 6.92 Å². The van der Waals surface area contributed by atoms with Gasteiger partial charge in [-0.05, 0) is 64.3 Å². The molecule has 0 spiro atoms. The average molecular weight is 411 g/mol. The van der Waals surface area contributed by atoms with Crippen molar-refractivity contribution in [1.82, 2.24) is 19.7 Å². The van der Waals surface area contributed by atoms with Gasteiger partial charge in [0.15, 0.2) is 5.65 Å². The number of halogens is 1. The number of carbonyl (C=O) groups is 1. The Morgan fingerprint density at radius 1 is 1.24 bits per heavy atom. The van der Waals surface area contributed by atoms with E-state index in [0.717, 1.165) is 40.8 Å². The molecule has 4 rings (SSSR count). The number of nitrogens with zero attached hydrogens (tertiary/aromatic N) is 4. The highest BCUT2D eigenvalue weighted by molar-refractivity contribution is 6.30. The van der Waals surface area contributed by atoms with Gasteiger partial charge in [0, 0.05) is 30.2 Å². The third-order valence-electron chi connectivity index (χ3n) is 5.37. The number of amides is 1. The summed E-state index contributed by atoms with van der Waals surface area (Å²) in [6.07, 6.45) is 2.27. The monoisotopic (exact) mass is 410 g/mol. The first-order valence-corrected chi connectivity index (χ1v) is 10.4. The number of aryl methyl sites for hydroxylation is 1. The van der Waals surface area contributed by atoms with E-state index >= 15 is 0 Å². The molecule has 5 nitrogen and oxygen atoms in total. The molecule has 0 N–H and O–H groups in total. The molecule has 1 aliphatic rings. The third-order valence-corrected chi connectivity index (χ3v) is 5.63. The smallest absolute Gasteiger partial charge is 0.254 e. The predicted octanol–water partition coefficient (Wildman–Crippen LogP) is 5.30. The van der Waals surface area contributed by atoms with E-state index in [1.165, 1.54) is 0 Å². The van der Waals surface area contributed by atoms with E-state index in [1.54, 1.807) is 4.90 Å². The van der Waals surface area contributed by atoms with Crippen molar-refractivity contribution in [3.05, 3.63) is 57.9 Å². The lowest BCUT2D eigenvalue weighted by Crippen LogP contribution is -2.27. The van der Waals surface area contributed by atoms with Gasteiger partial charge in [0.05, 0.1) is 22.2 Å². The number of carbonyl (C=O) groups excluding carboxylic acids is 1. The summed E-state index contributed by atoms with van der Waals surface area (Å²) in [5.41, 5.74) is 4.18. The van der Waals surface area contributed by atoms with E-state index in [2.05, 4.69) is 20.8 Å². The van der Waals surface area contributed by atoms with Crippen LogP contribution in [0.4, 0.5) is 0 Å². The van der Waals surface area contributed by atoms with Crippen molar-refractivity contribution in [2.75, 3.05) is 7.05 Å². The SMILES string of the molecule is Cc1nn(C(C)(C)C)c2nc(C3CC3)cc(C(=O)N(C)Cc3ccc(Cl)cc3)c12. The molecular weight excluding hydrogens is 384 g/mol. The molecule has 0 unspecified atom stereocenters. The second kappa shape index (κ2) is 7.13. The largest absolute Gasteiger partial charge is 0.337 e. The minimum Gasteiger partial charge on any atom is -0.337 e. The molecule has 2 aromatic heterocycles. The zero-order chi connectivity index (χ0) is 20.9. The van der Waals surface area contributed by atoms with Gasteiger partial charge in [-0.25, -0.2) is 9.67 Å². The number of aromatic nitrogens is 3. The topological polar surface area (TPSA) is 51.0 Å². The molecule has 1 aromatic carbocycles. The van der Waals surface area contributed by atoms with Crippen LogP contribution >= 0.6 is 11.6 Å². The van der Waals surface area contributed by atoms with Crippen molar-refractivity contribution in [1.29, 1.82) is 0 Å². The number of benzene rings is 1. The Bertz CT molecular complexity index is 1070. The maximum atomic E-state index is 13.5. The zero-order valence-corrected chi connectivity index (χ0v) is 18.4. The predicted molar refractivity (Wildman–Crippen MR) is 116 cm³/mol. The number of rotatable bonds is 4. The van der Waals surface area contributed by atoms with Crippen LogP contribution in [-0.2, 0) is 12.1 Å². The van der Waals surface area contributed by atoms with E-state index in [9.17, 15) is 4.79 Å². The highest BCUT2D eigenvalue weighted by atomic mass is 35.5. The van der Waals surface area contributed by atoms with Gasteiger partial charge in [0.25, 0.3) is 5.91 Å². The van der Waals surface area contributed by atoms with E-state index in [-0.39, 0.29) is 11.4 Å². The minimum absolute atomic E-state index is 0.00851. The number of pyridine rings is 1. The lowest BCUT2D eigenvalue weighted by Gasteiger charge is -2.21. The second-order valence-electron chi connectivity index (χ2n) is 9.02. The summed E-state index contributed by atoms with van der Waals surface area (Å²) in [4.78, 5) is 20.2. The number of hydrogen-bond donors (Lipinski definition) is 0. The minimum atomic E-state index is -0.211. The summed E-state index contributed by atoms with van der Waals surface area (Å²) in [6.45, 7) is 8.81. The van der Waals surface area contributed by atoms with Crippen molar-refractivity contribution >= 4 is 28.5 Å². The maximum absolute atomic E-state index is 13.5. The van der Waals surface area contributed by atoms with Gasteiger partial charge in [-0.2, -0.15) is 5.10 Å². The number of hydrogen-bond acceptors (Lipinski definition) is 3. The highest BCUT2D eigenvalue weighted by Crippen LogP contribution is 2.41. The van der Waals surface area contributed by atoms with E-state index in [1.807, 2.05) is 49.0 Å². The lowest BCUT2D eigenvalue weighted by molar-refractivity contribution is 0.0787. The van der Waals surface area contributed by atoms with Gasteiger partial charge in [0.2, 0.25) is 0 Å². The molecular formula is C23H27ClN4O. The zero-order valence-electron chi connectivity index (χ0n) is 17.7. The standard InChI is InChI=1S/C23H27ClN4O/c1-14-20-18(22(29)27(5)13-15-6-10-17(24)11-7-15)12-19(16-8-9-16)25-21(20)28(26-14)23(2,3)4/h6-7,10-12,16H,8-9,13H2,1-5H3. The summed E-state index contributed by atoms with van der Waals surface area (Å²) >= 11 is 5.98. The Balaban J connectivity index is 1.78. The Morgan fingerprint density at radius 3 is 2.48 bits per heavy atom. The molecule has 0 bridgehead atoms. The summed E-state index contributed by atoms with van der Waals surface area (Å²) in [5, 5.41) is 6.30. The molecule has 29 heavy (non-hydrogen) atoms. The molecule has 1 fully saturated rings. The van der Waals surface area contributed by atoms with Crippen molar-refractivity contribution in [2.45, 2.75) is 58.5 Å². The van der Waals surface area contributed by atoms with Gasteiger partial charge >= 0.3 is 0 Å². The Morgan fingerprint density at radius 2 is 1.90 bits per heavy atom. The quantitative estimate of drug-likeness (QED) is 0.586. The first-order valence-electron chi connectivity index (χ1n) is 10.1. The van der Waals surface area contributed by atoms with Gasteiger partial charge in [0.1, 0.15) is 0 Å². The highest BCUT2D eigenvalue weighted by Gasteiger charge is 2.31. The Hall–Kier alpha value is -2.40. The second-order valence-corrected chi connectivity index (χ2v) is 9.46. The summed E-state index contributed by atoms with van der Waals surface area (Å²) < 4.78 is 1.96. The molecule has 0 radical (unpaired) electrons. The fraction of sp³-hybridized carbons (Fsp3) is 0.435. The summed E-state index contributed by atoms with van der Waals surface area (Å²) in [7, 11) is 1.84. The summed E-state index contributed by atoms with van der Waals surface area (Å²) in [5.74, 6) is 0.446. The Kier molecular flexibility index (Phi) is 4.89. The Labute approximate surface area is 176 Å². The normalized spacial score (nSPS) is 14.4. The van der Waals surface area contributed by atoms with Crippen molar-refractivity contribution in [3.63, 3.8) is 0 Å². The first kappa shape index (κ1) is 19.9. The fourth-order valence-electron chi connectivity index (χ4n) is 3.67. The molecule has 1 saturated carbocycles. The van der Waals surface area contributed by atoms with Crippen LogP contribution in [0.5, 0.6) is 0 Å². The molecule has 1 amide bonds. The van der Waals surface area contributed by atoms with Crippen LogP contribution in [0.15, 0.2) is 30.3 Å². The first-order chi connectivity index (χ1) is 13.6. The van der Waals surface area contributed by atoms with E-state index in [0.29, 0.717) is 23.0 Å². The maximum Gasteiger partial charge on any atom is 0.254 e. The molecule has 152 valence electrons. The molecule has 0 saturated heterocycles. The van der Waals surface area contributed by atoms with Crippen molar-refractivity contribution in [3.8, 4) is 0 Å². The van der Waals surface area contributed by atoms with Crippen LogP contribution in [-0.4, -0.2) is 32.6 Å². The van der Waals surface area contributed by atoms with Crippen LogP contribution < -0.4 is 0 Å². The molecule has 6 heteroatoms. The summed E-state index contributed by atoms with van der Waals surface area (Å²) in [6, 6.07) is 9.59. The van der Waals surface area contributed by atoms with Gasteiger partial charge in [-0.15, -0.1) is 0 Å². The third kappa shape index (κ3) is 3.88. The van der Waals surface area contributed by atoms with Crippen LogP contribution in [0.1, 0.15) is 66.8 Å². The molecule has 3 aromatic rings. The fourth-order valence-corrected chi connectivity index (χ4v) is 3.80. The van der Waals surface area contributed by atoms with Crippen LogP contribution in [0.3, 0.4) is 0 Å². The van der Waals surface area contributed by atoms with Crippen molar-refractivity contribution < 1.29 is 4.79 Å². The van der Waals surface area contributed by atoms with Crippen LogP contribution in [0.25, 0.3) is 11.0 Å². The molecule has 0 atom stereocenters. The van der Waals surface area contributed by atoms with Gasteiger partial charge < -0.3 is 4.90 Å². The molecule has 0 aliphatic heterocycles. The molecule has 1 aliphatic carbocycles. The average Bonchev–Trinajstić information content (AvgIpc) is 3.45. The van der Waals surface area contributed by atoms with E-state index in [4.69, 9.17) is 21.7 Å². The lowest BCUT2D eigenvalue weighted by atomic mass is 10.1. The van der Waals surface area contributed by atoms with E-state index < -0.39 is 0 Å². The van der Waals surface area contributed by atoms with Gasteiger partial charge in [-0.1, -0.05) is 23.7 Å². The van der Waals surface area contributed by atoms with Gasteiger partial charge in [-0.3, -0.25) is 4.79 Å².